The highest BCUT2D eigenvalue weighted by Crippen LogP contribution is 2.34. The van der Waals surface area contributed by atoms with Gasteiger partial charge in [0.05, 0.1) is 18.9 Å². The van der Waals surface area contributed by atoms with Crippen LogP contribution in [-0.2, 0) is 27.9 Å². The molecule has 2 fully saturated rings. The number of esters is 1. The number of ether oxygens (including phenoxy) is 2. The van der Waals surface area contributed by atoms with Crippen LogP contribution >= 0.6 is 0 Å². The van der Waals surface area contributed by atoms with E-state index in [9.17, 15) is 4.79 Å². The number of nitrogens with zero attached hydrogens (tertiary/aromatic N) is 3. The van der Waals surface area contributed by atoms with E-state index in [0.717, 1.165) is 13.1 Å². The molecule has 134 valence electrons. The average molecular weight is 335 g/mol. The fraction of sp³-hybridized carbons (Fsp3) is 0.778. The first-order valence-electron chi connectivity index (χ1n) is 9.05. The number of hydrogen-bond donors (Lipinski definition) is 0. The van der Waals surface area contributed by atoms with Gasteiger partial charge in [-0.3, -0.25) is 9.58 Å². The normalized spacial score (nSPS) is 26.5. The predicted molar refractivity (Wildman–Crippen MR) is 90.7 cm³/mol. The van der Waals surface area contributed by atoms with Crippen LogP contribution in [0.1, 0.15) is 56.2 Å². The van der Waals surface area contributed by atoms with Gasteiger partial charge in [-0.15, -0.1) is 0 Å². The number of methoxy groups -OCH3 is 1. The lowest BCUT2D eigenvalue weighted by Gasteiger charge is -2.35. The molecule has 6 nitrogen and oxygen atoms in total. The van der Waals surface area contributed by atoms with Crippen molar-refractivity contribution in [3.05, 3.63) is 17.5 Å². The molecule has 0 N–H and O–H groups in total. The minimum Gasteiger partial charge on any atom is -0.467 e. The molecule has 1 aliphatic carbocycles. The van der Waals surface area contributed by atoms with Crippen LogP contribution in [0.2, 0.25) is 0 Å². The molecule has 6 heteroatoms. The van der Waals surface area contributed by atoms with Crippen molar-refractivity contribution >= 4 is 5.97 Å². The molecule has 0 amide bonds. The van der Waals surface area contributed by atoms with E-state index in [2.05, 4.69) is 11.1 Å². The Morgan fingerprint density at radius 2 is 2.08 bits per heavy atom. The van der Waals surface area contributed by atoms with Gasteiger partial charge < -0.3 is 9.47 Å². The minimum atomic E-state index is -0.492. The third-order valence-corrected chi connectivity index (χ3v) is 5.12. The molecule has 1 aliphatic heterocycles. The van der Waals surface area contributed by atoms with E-state index in [1.54, 1.807) is 0 Å². The first-order chi connectivity index (χ1) is 11.6. The summed E-state index contributed by atoms with van der Waals surface area (Å²) in [5.41, 5.74) is 2.55. The van der Waals surface area contributed by atoms with Crippen molar-refractivity contribution in [2.24, 2.45) is 7.05 Å². The van der Waals surface area contributed by atoms with Crippen molar-refractivity contribution in [1.82, 2.24) is 14.7 Å². The monoisotopic (exact) mass is 335 g/mol. The van der Waals surface area contributed by atoms with Gasteiger partial charge in [0.25, 0.3) is 0 Å². The second kappa shape index (κ2) is 7.66. The van der Waals surface area contributed by atoms with Gasteiger partial charge in [-0.05, 0) is 19.8 Å². The van der Waals surface area contributed by atoms with Gasteiger partial charge in [0.1, 0.15) is 0 Å². The van der Waals surface area contributed by atoms with Crippen LogP contribution in [0.5, 0.6) is 0 Å². The van der Waals surface area contributed by atoms with Crippen LogP contribution in [-0.4, -0.2) is 53.1 Å². The number of hydrogen-bond acceptors (Lipinski definition) is 5. The standard InChI is InChI=1S/C18H29N3O3/c1-13-9-21(12-16(24-13)18(22)23-3)11-15-10-20(2)19-17(15)14-7-5-4-6-8-14/h10,13-14,16H,4-9,11-12H2,1-3H3/t13-,16+/m1/s1. The summed E-state index contributed by atoms with van der Waals surface area (Å²) < 4.78 is 12.5. The largest absolute Gasteiger partial charge is 0.467 e. The maximum Gasteiger partial charge on any atom is 0.336 e. The summed E-state index contributed by atoms with van der Waals surface area (Å²) >= 11 is 0. The van der Waals surface area contributed by atoms with Crippen molar-refractivity contribution in [2.75, 3.05) is 20.2 Å². The molecule has 0 spiro atoms. The van der Waals surface area contributed by atoms with Crippen molar-refractivity contribution < 1.29 is 14.3 Å². The van der Waals surface area contributed by atoms with Crippen LogP contribution in [0.4, 0.5) is 0 Å². The summed E-state index contributed by atoms with van der Waals surface area (Å²) in [4.78, 5) is 14.1. The molecule has 24 heavy (non-hydrogen) atoms. The van der Waals surface area contributed by atoms with Crippen molar-refractivity contribution in [3.8, 4) is 0 Å². The van der Waals surface area contributed by atoms with Gasteiger partial charge in [-0.2, -0.15) is 5.10 Å². The van der Waals surface area contributed by atoms with Gasteiger partial charge in [-0.25, -0.2) is 4.79 Å². The third kappa shape index (κ3) is 3.98. The molecule has 3 rings (SSSR count). The first-order valence-corrected chi connectivity index (χ1v) is 9.05. The zero-order valence-electron chi connectivity index (χ0n) is 15.0. The van der Waals surface area contributed by atoms with Crippen molar-refractivity contribution in [2.45, 2.75) is 63.7 Å². The summed E-state index contributed by atoms with van der Waals surface area (Å²) in [6.07, 6.45) is 8.12. The number of aromatic nitrogens is 2. The predicted octanol–water partition coefficient (Wildman–Crippen LogP) is 2.23. The van der Waals surface area contributed by atoms with Gasteiger partial charge in [0, 0.05) is 44.4 Å². The van der Waals surface area contributed by atoms with Gasteiger partial charge in [-0.1, -0.05) is 19.3 Å². The Hall–Kier alpha value is -1.40. The molecule has 1 saturated heterocycles. The van der Waals surface area contributed by atoms with Crippen molar-refractivity contribution in [3.63, 3.8) is 0 Å². The SMILES string of the molecule is COC(=O)[C@@H]1CN(Cc2cn(C)nc2C2CCCCC2)C[C@@H](C)O1. The minimum absolute atomic E-state index is 0.0256. The number of aryl methyl sites for hydroxylation is 1. The van der Waals surface area contributed by atoms with Crippen LogP contribution in [0.25, 0.3) is 0 Å². The number of rotatable bonds is 4. The lowest BCUT2D eigenvalue weighted by molar-refractivity contribution is -0.166. The lowest BCUT2D eigenvalue weighted by Crippen LogP contribution is -2.49. The molecule has 2 aliphatic rings. The molecule has 1 aromatic heterocycles. The zero-order chi connectivity index (χ0) is 17.1. The van der Waals surface area contributed by atoms with Gasteiger partial charge >= 0.3 is 5.97 Å². The number of carbonyl (C=O) groups is 1. The number of morpholine rings is 1. The molecule has 1 saturated carbocycles. The first kappa shape index (κ1) is 17.4. The second-order valence-corrected chi connectivity index (χ2v) is 7.20. The topological polar surface area (TPSA) is 56.6 Å². The highest BCUT2D eigenvalue weighted by Gasteiger charge is 2.32. The molecule has 0 aromatic carbocycles. The van der Waals surface area contributed by atoms with Gasteiger partial charge in [0.15, 0.2) is 6.10 Å². The number of carbonyl (C=O) groups excluding carboxylic acids is 1. The Morgan fingerprint density at radius 3 is 2.79 bits per heavy atom. The maximum absolute atomic E-state index is 11.8. The highest BCUT2D eigenvalue weighted by molar-refractivity contribution is 5.75. The van der Waals surface area contributed by atoms with E-state index in [1.165, 1.54) is 50.5 Å². The Balaban J connectivity index is 1.71. The summed E-state index contributed by atoms with van der Waals surface area (Å²) in [6, 6.07) is 0. The summed E-state index contributed by atoms with van der Waals surface area (Å²) in [6.45, 7) is 4.23. The van der Waals surface area contributed by atoms with Crippen LogP contribution in [0, 0.1) is 0 Å². The molecular formula is C18H29N3O3. The van der Waals surface area contributed by atoms with Gasteiger partial charge in [0.2, 0.25) is 0 Å². The van der Waals surface area contributed by atoms with Crippen molar-refractivity contribution in [1.29, 1.82) is 0 Å². The quantitative estimate of drug-likeness (QED) is 0.790. The highest BCUT2D eigenvalue weighted by atomic mass is 16.6. The molecular weight excluding hydrogens is 306 g/mol. The van der Waals surface area contributed by atoms with E-state index in [0.29, 0.717) is 12.5 Å². The third-order valence-electron chi connectivity index (χ3n) is 5.12. The summed E-state index contributed by atoms with van der Waals surface area (Å²) in [5.74, 6) is 0.301. The van der Waals surface area contributed by atoms with E-state index >= 15 is 0 Å². The summed E-state index contributed by atoms with van der Waals surface area (Å²) in [7, 11) is 3.41. The molecule has 0 unspecified atom stereocenters. The molecule has 2 heterocycles. The van der Waals surface area contributed by atoms with E-state index in [4.69, 9.17) is 14.6 Å². The van der Waals surface area contributed by atoms with Crippen LogP contribution < -0.4 is 0 Å². The fourth-order valence-corrected chi connectivity index (χ4v) is 4.07. The van der Waals surface area contributed by atoms with E-state index in [-0.39, 0.29) is 12.1 Å². The zero-order valence-corrected chi connectivity index (χ0v) is 15.0. The Bertz CT molecular complexity index is 566. The van der Waals surface area contributed by atoms with Crippen LogP contribution in [0.15, 0.2) is 6.20 Å². The van der Waals surface area contributed by atoms with Crippen LogP contribution in [0.3, 0.4) is 0 Å². The average Bonchev–Trinajstić information content (AvgIpc) is 2.94. The second-order valence-electron chi connectivity index (χ2n) is 7.20. The molecule has 0 bridgehead atoms. The Morgan fingerprint density at radius 1 is 1.33 bits per heavy atom. The molecule has 2 atom stereocenters. The smallest absolute Gasteiger partial charge is 0.336 e. The maximum atomic E-state index is 11.8. The van der Waals surface area contributed by atoms with E-state index in [1.807, 2.05) is 18.7 Å². The Kier molecular flexibility index (Phi) is 5.56. The lowest BCUT2D eigenvalue weighted by atomic mass is 9.85. The Labute approximate surface area is 144 Å². The summed E-state index contributed by atoms with van der Waals surface area (Å²) in [5, 5.41) is 4.76. The fourth-order valence-electron chi connectivity index (χ4n) is 4.07. The van der Waals surface area contributed by atoms with E-state index < -0.39 is 6.10 Å². The molecule has 1 aromatic rings. The molecule has 0 radical (unpaired) electrons.